The predicted molar refractivity (Wildman–Crippen MR) is 119 cm³/mol. The van der Waals surface area contributed by atoms with Gasteiger partial charge in [0.1, 0.15) is 6.04 Å². The highest BCUT2D eigenvalue weighted by atomic mass is 32.1. The Morgan fingerprint density at radius 1 is 1.13 bits per heavy atom. The molecular weight excluding hydrogens is 402 g/mol. The van der Waals surface area contributed by atoms with Crippen molar-refractivity contribution in [2.45, 2.75) is 19.9 Å². The van der Waals surface area contributed by atoms with Crippen LogP contribution in [-0.2, 0) is 4.79 Å². The molecule has 1 N–H and O–H groups in total. The van der Waals surface area contributed by atoms with E-state index >= 15 is 0 Å². The average Bonchev–Trinajstić information content (AvgIpc) is 3.16. The van der Waals surface area contributed by atoms with E-state index < -0.39 is 6.04 Å². The van der Waals surface area contributed by atoms with Crippen LogP contribution in [0.2, 0.25) is 0 Å². The number of methoxy groups -OCH3 is 2. The van der Waals surface area contributed by atoms with Gasteiger partial charge in [0.15, 0.2) is 11.5 Å². The van der Waals surface area contributed by atoms with Crippen LogP contribution < -0.4 is 20.3 Å². The van der Waals surface area contributed by atoms with Gasteiger partial charge in [-0.1, -0.05) is 18.2 Å². The van der Waals surface area contributed by atoms with Crippen LogP contribution in [0.5, 0.6) is 11.5 Å². The van der Waals surface area contributed by atoms with Crippen molar-refractivity contribution < 1.29 is 14.3 Å². The number of nitrogens with zero attached hydrogens (tertiary/aromatic N) is 2. The van der Waals surface area contributed by atoms with E-state index in [1.165, 1.54) is 23.1 Å². The van der Waals surface area contributed by atoms with Crippen LogP contribution >= 0.6 is 11.3 Å². The minimum Gasteiger partial charge on any atom is -0.493 e. The summed E-state index contributed by atoms with van der Waals surface area (Å²) in [5.41, 5.74) is 0.982. The molecule has 0 spiro atoms. The molecule has 2 aromatic carbocycles. The molecule has 0 bridgehead atoms. The topological polar surface area (TPSA) is 82.5 Å². The summed E-state index contributed by atoms with van der Waals surface area (Å²) in [6, 6.07) is 12.0. The zero-order valence-corrected chi connectivity index (χ0v) is 17.9. The Hall–Kier alpha value is -3.39. The summed E-state index contributed by atoms with van der Waals surface area (Å²) >= 11 is 1.54. The molecule has 0 radical (unpaired) electrons. The molecule has 1 amide bonds. The van der Waals surface area contributed by atoms with Crippen molar-refractivity contribution in [1.29, 1.82) is 0 Å². The van der Waals surface area contributed by atoms with Crippen LogP contribution in [0.4, 0.5) is 5.69 Å². The molecule has 8 heteroatoms. The molecule has 1 atom stereocenters. The number of carbonyl (C=O) groups is 1. The summed E-state index contributed by atoms with van der Waals surface area (Å²) in [6.07, 6.45) is 0. The van der Waals surface area contributed by atoms with E-state index in [1.54, 1.807) is 32.2 Å². The third kappa shape index (κ3) is 3.29. The summed E-state index contributed by atoms with van der Waals surface area (Å²) in [5.74, 6) is 0.710. The SMILES string of the molecule is COc1ccc(NC(=O)C(C)n2nc(C)c3sc4ccccc4c3c2=O)cc1OC. The molecule has 2 aromatic heterocycles. The number of fused-ring (bicyclic) bond motifs is 3. The minimum atomic E-state index is -0.799. The van der Waals surface area contributed by atoms with Gasteiger partial charge < -0.3 is 14.8 Å². The highest BCUT2D eigenvalue weighted by Gasteiger charge is 2.22. The zero-order chi connectivity index (χ0) is 21.4. The normalized spacial score (nSPS) is 12.1. The first-order valence-corrected chi connectivity index (χ1v) is 10.2. The standard InChI is InChI=1S/C22H21N3O4S/c1-12-20-19(15-7-5-6-8-18(15)30-20)22(27)25(24-12)13(2)21(26)23-14-9-10-16(28-3)17(11-14)29-4/h5-11,13H,1-4H3,(H,23,26). The van der Waals surface area contributed by atoms with Crippen LogP contribution in [0.3, 0.4) is 0 Å². The molecule has 0 aliphatic carbocycles. The third-order valence-electron chi connectivity index (χ3n) is 5.00. The van der Waals surface area contributed by atoms with E-state index in [-0.39, 0.29) is 11.5 Å². The molecule has 0 aliphatic heterocycles. The van der Waals surface area contributed by atoms with Gasteiger partial charge in [-0.15, -0.1) is 11.3 Å². The lowest BCUT2D eigenvalue weighted by atomic mass is 10.2. The molecular formula is C22H21N3O4S. The summed E-state index contributed by atoms with van der Waals surface area (Å²) < 4.78 is 13.6. The van der Waals surface area contributed by atoms with Crippen molar-refractivity contribution in [3.8, 4) is 11.5 Å². The molecule has 2 heterocycles. The first kappa shape index (κ1) is 19.9. The largest absolute Gasteiger partial charge is 0.493 e. The van der Waals surface area contributed by atoms with Gasteiger partial charge in [0, 0.05) is 21.8 Å². The fourth-order valence-corrected chi connectivity index (χ4v) is 4.55. The summed E-state index contributed by atoms with van der Waals surface area (Å²) in [5, 5.41) is 8.74. The van der Waals surface area contributed by atoms with Crippen molar-refractivity contribution in [2.24, 2.45) is 0 Å². The fourth-order valence-electron chi connectivity index (χ4n) is 3.41. The minimum absolute atomic E-state index is 0.275. The molecule has 1 unspecified atom stereocenters. The van der Waals surface area contributed by atoms with E-state index in [1.807, 2.05) is 31.2 Å². The highest BCUT2D eigenvalue weighted by Crippen LogP contribution is 2.33. The Labute approximate surface area is 176 Å². The van der Waals surface area contributed by atoms with E-state index in [4.69, 9.17) is 9.47 Å². The summed E-state index contributed by atoms with van der Waals surface area (Å²) in [4.78, 5) is 26.1. The number of ether oxygens (including phenoxy) is 2. The quantitative estimate of drug-likeness (QED) is 0.522. The number of rotatable bonds is 5. The Morgan fingerprint density at radius 2 is 1.87 bits per heavy atom. The maximum atomic E-state index is 13.2. The fraction of sp³-hybridized carbons (Fsp3) is 0.227. The lowest BCUT2D eigenvalue weighted by Gasteiger charge is -2.16. The number of hydrogen-bond donors (Lipinski definition) is 1. The second-order valence-electron chi connectivity index (χ2n) is 6.87. The van der Waals surface area contributed by atoms with Crippen LogP contribution in [-0.4, -0.2) is 29.9 Å². The highest BCUT2D eigenvalue weighted by molar-refractivity contribution is 7.26. The number of benzene rings is 2. The van der Waals surface area contributed by atoms with E-state index in [9.17, 15) is 9.59 Å². The number of aryl methyl sites for hydroxylation is 1. The van der Waals surface area contributed by atoms with Gasteiger partial charge in [0.25, 0.3) is 5.56 Å². The molecule has 30 heavy (non-hydrogen) atoms. The van der Waals surface area contributed by atoms with Crippen LogP contribution in [0.1, 0.15) is 18.7 Å². The molecule has 7 nitrogen and oxygen atoms in total. The molecule has 0 fully saturated rings. The Balaban J connectivity index is 1.71. The second kappa shape index (κ2) is 7.79. The number of amides is 1. The lowest BCUT2D eigenvalue weighted by Crippen LogP contribution is -2.33. The zero-order valence-electron chi connectivity index (χ0n) is 17.1. The number of thiophene rings is 1. The van der Waals surface area contributed by atoms with Crippen LogP contribution in [0, 0.1) is 6.92 Å². The van der Waals surface area contributed by atoms with Gasteiger partial charge in [0.05, 0.1) is 30.0 Å². The third-order valence-corrected chi connectivity index (χ3v) is 6.28. The number of anilines is 1. The molecule has 4 aromatic rings. The monoisotopic (exact) mass is 423 g/mol. The number of nitrogens with one attached hydrogen (secondary N) is 1. The summed E-state index contributed by atoms with van der Waals surface area (Å²) in [7, 11) is 3.07. The van der Waals surface area contributed by atoms with Gasteiger partial charge in [-0.25, -0.2) is 4.68 Å². The van der Waals surface area contributed by atoms with Gasteiger partial charge in [-0.3, -0.25) is 9.59 Å². The van der Waals surface area contributed by atoms with Crippen molar-refractivity contribution >= 4 is 43.1 Å². The Morgan fingerprint density at radius 3 is 2.60 bits per heavy atom. The van der Waals surface area contributed by atoms with Crippen LogP contribution in [0.15, 0.2) is 47.3 Å². The smallest absolute Gasteiger partial charge is 0.276 e. The van der Waals surface area contributed by atoms with Crippen molar-refractivity contribution in [3.05, 3.63) is 58.5 Å². The van der Waals surface area contributed by atoms with E-state index in [0.717, 1.165) is 20.5 Å². The van der Waals surface area contributed by atoms with E-state index in [0.29, 0.717) is 22.6 Å². The van der Waals surface area contributed by atoms with Crippen LogP contribution in [0.25, 0.3) is 20.2 Å². The van der Waals surface area contributed by atoms with Crippen molar-refractivity contribution in [2.75, 3.05) is 19.5 Å². The summed E-state index contributed by atoms with van der Waals surface area (Å²) in [6.45, 7) is 3.51. The lowest BCUT2D eigenvalue weighted by molar-refractivity contribution is -0.119. The first-order chi connectivity index (χ1) is 14.4. The molecule has 0 saturated carbocycles. The number of aromatic nitrogens is 2. The van der Waals surface area contributed by atoms with Gasteiger partial charge in [-0.2, -0.15) is 5.10 Å². The van der Waals surface area contributed by atoms with Gasteiger partial charge >= 0.3 is 0 Å². The first-order valence-electron chi connectivity index (χ1n) is 9.38. The molecule has 0 aliphatic rings. The molecule has 154 valence electrons. The van der Waals surface area contributed by atoms with E-state index in [2.05, 4.69) is 10.4 Å². The van der Waals surface area contributed by atoms with Crippen molar-refractivity contribution in [3.63, 3.8) is 0 Å². The van der Waals surface area contributed by atoms with Gasteiger partial charge in [-0.05, 0) is 32.0 Å². The van der Waals surface area contributed by atoms with Crippen molar-refractivity contribution in [1.82, 2.24) is 9.78 Å². The van der Waals surface area contributed by atoms with Gasteiger partial charge in [0.2, 0.25) is 5.91 Å². The molecule has 4 rings (SSSR count). The Bertz CT molecular complexity index is 1330. The second-order valence-corrected chi connectivity index (χ2v) is 7.92. The number of hydrogen-bond acceptors (Lipinski definition) is 6. The molecule has 0 saturated heterocycles. The average molecular weight is 423 g/mol. The predicted octanol–water partition coefficient (Wildman–Crippen LogP) is 4.14. The Kier molecular flexibility index (Phi) is 5.17. The maximum Gasteiger partial charge on any atom is 0.276 e. The number of carbonyl (C=O) groups excluding carboxylic acids is 1. The maximum absolute atomic E-state index is 13.2.